The molecule has 0 unspecified atom stereocenters. The summed E-state index contributed by atoms with van der Waals surface area (Å²) in [5.41, 5.74) is 2.60. The van der Waals surface area contributed by atoms with Crippen LogP contribution in [0.2, 0.25) is 0 Å². The van der Waals surface area contributed by atoms with Gasteiger partial charge < -0.3 is 4.74 Å². The molecule has 0 saturated carbocycles. The lowest BCUT2D eigenvalue weighted by molar-refractivity contribution is -0.385. The quantitative estimate of drug-likeness (QED) is 0.360. The molecule has 0 saturated heterocycles. The van der Waals surface area contributed by atoms with Crippen molar-refractivity contribution in [3.05, 3.63) is 74.8 Å². The number of aryl methyl sites for hydroxylation is 2. The Bertz CT molecular complexity index is 794. The Morgan fingerprint density at radius 3 is 2.48 bits per heavy atom. The number of carbonyl (C=O) groups is 1. The van der Waals surface area contributed by atoms with Crippen LogP contribution < -0.4 is 4.74 Å². The zero-order valence-corrected chi connectivity index (χ0v) is 13.2. The highest BCUT2D eigenvalue weighted by molar-refractivity contribution is 6.07. The van der Waals surface area contributed by atoms with Crippen LogP contribution in [0.25, 0.3) is 6.08 Å². The average Bonchev–Trinajstić information content (AvgIpc) is 2.52. The first-order valence-corrected chi connectivity index (χ1v) is 7.04. The second kappa shape index (κ2) is 6.87. The van der Waals surface area contributed by atoms with Gasteiger partial charge in [-0.3, -0.25) is 14.9 Å². The molecule has 23 heavy (non-hydrogen) atoms. The summed E-state index contributed by atoms with van der Waals surface area (Å²) >= 11 is 0. The van der Waals surface area contributed by atoms with Crippen LogP contribution in [0.4, 0.5) is 5.69 Å². The van der Waals surface area contributed by atoms with Crippen molar-refractivity contribution in [3.63, 3.8) is 0 Å². The lowest BCUT2D eigenvalue weighted by Gasteiger charge is -2.04. The second-order valence-electron chi connectivity index (χ2n) is 5.19. The normalized spacial score (nSPS) is 10.7. The van der Waals surface area contributed by atoms with Gasteiger partial charge in [-0.2, -0.15) is 0 Å². The van der Waals surface area contributed by atoms with Gasteiger partial charge >= 0.3 is 0 Å². The van der Waals surface area contributed by atoms with E-state index in [9.17, 15) is 14.9 Å². The highest BCUT2D eigenvalue weighted by atomic mass is 16.6. The maximum Gasteiger partial charge on any atom is 0.273 e. The molecule has 2 aromatic rings. The fourth-order valence-electron chi connectivity index (χ4n) is 2.23. The van der Waals surface area contributed by atoms with Gasteiger partial charge in [0, 0.05) is 17.2 Å². The molecule has 0 aromatic heterocycles. The summed E-state index contributed by atoms with van der Waals surface area (Å²) in [5, 5.41) is 10.9. The molecule has 0 aliphatic heterocycles. The Morgan fingerprint density at radius 1 is 1.13 bits per heavy atom. The summed E-state index contributed by atoms with van der Waals surface area (Å²) in [5.74, 6) is 0.504. The minimum absolute atomic E-state index is 0.0514. The summed E-state index contributed by atoms with van der Waals surface area (Å²) in [4.78, 5) is 22.6. The van der Waals surface area contributed by atoms with Crippen molar-refractivity contribution in [1.29, 1.82) is 0 Å². The third-order valence-electron chi connectivity index (χ3n) is 3.54. The number of benzene rings is 2. The Hall–Kier alpha value is -2.95. The van der Waals surface area contributed by atoms with Gasteiger partial charge in [-0.1, -0.05) is 24.3 Å². The number of ether oxygens (including phenoxy) is 1. The van der Waals surface area contributed by atoms with Gasteiger partial charge in [0.25, 0.3) is 5.69 Å². The van der Waals surface area contributed by atoms with E-state index < -0.39 is 4.92 Å². The number of methoxy groups -OCH3 is 1. The number of nitrogens with zero attached hydrogens (tertiary/aromatic N) is 1. The maximum absolute atomic E-state index is 12.2. The van der Waals surface area contributed by atoms with Crippen molar-refractivity contribution in [1.82, 2.24) is 0 Å². The molecule has 118 valence electrons. The Labute approximate surface area is 134 Å². The fourth-order valence-corrected chi connectivity index (χ4v) is 2.23. The van der Waals surface area contributed by atoms with E-state index in [2.05, 4.69) is 0 Å². The SMILES string of the molecule is COc1ccc(/C=C/C(=O)c2ccc(C)c([N+](=O)[O-])c2)cc1C. The second-order valence-corrected chi connectivity index (χ2v) is 5.19. The molecule has 2 aromatic carbocycles. The van der Waals surface area contributed by atoms with Crippen molar-refractivity contribution in [3.8, 4) is 5.75 Å². The summed E-state index contributed by atoms with van der Waals surface area (Å²) < 4.78 is 5.19. The first kappa shape index (κ1) is 16.4. The van der Waals surface area contributed by atoms with Gasteiger partial charge in [0.05, 0.1) is 12.0 Å². The molecule has 0 spiro atoms. The molecular formula is C18H17NO4. The molecule has 0 aliphatic rings. The number of rotatable bonds is 5. The largest absolute Gasteiger partial charge is 0.496 e. The van der Waals surface area contributed by atoms with Crippen molar-refractivity contribution in [2.24, 2.45) is 0 Å². The topological polar surface area (TPSA) is 69.4 Å². The van der Waals surface area contributed by atoms with Crippen molar-refractivity contribution >= 4 is 17.5 Å². The molecule has 5 heteroatoms. The monoisotopic (exact) mass is 311 g/mol. The first-order valence-electron chi connectivity index (χ1n) is 7.04. The minimum atomic E-state index is -0.483. The molecule has 0 amide bonds. The van der Waals surface area contributed by atoms with E-state index in [-0.39, 0.29) is 11.5 Å². The van der Waals surface area contributed by atoms with Crippen molar-refractivity contribution in [2.75, 3.05) is 7.11 Å². The number of nitro benzene ring substituents is 1. The van der Waals surface area contributed by atoms with Gasteiger partial charge in [0.15, 0.2) is 5.78 Å². The average molecular weight is 311 g/mol. The number of nitro groups is 1. The molecule has 0 bridgehead atoms. The van der Waals surface area contributed by atoms with E-state index in [4.69, 9.17) is 4.74 Å². The number of allylic oxidation sites excluding steroid dienone is 1. The zero-order valence-electron chi connectivity index (χ0n) is 13.2. The van der Waals surface area contributed by atoms with Crippen LogP contribution >= 0.6 is 0 Å². The number of hydrogen-bond donors (Lipinski definition) is 0. The summed E-state index contributed by atoms with van der Waals surface area (Å²) in [6.07, 6.45) is 3.09. The summed E-state index contributed by atoms with van der Waals surface area (Å²) in [6, 6.07) is 10.1. The number of ketones is 1. The summed E-state index contributed by atoms with van der Waals surface area (Å²) in [7, 11) is 1.60. The minimum Gasteiger partial charge on any atom is -0.496 e. The van der Waals surface area contributed by atoms with Gasteiger partial charge in [0.2, 0.25) is 0 Å². The van der Waals surface area contributed by atoms with Gasteiger partial charge in [-0.15, -0.1) is 0 Å². The molecule has 0 heterocycles. The van der Waals surface area contributed by atoms with E-state index in [0.29, 0.717) is 11.1 Å². The van der Waals surface area contributed by atoms with Gasteiger partial charge in [0.1, 0.15) is 5.75 Å². The Morgan fingerprint density at radius 2 is 1.87 bits per heavy atom. The van der Waals surface area contributed by atoms with E-state index in [1.165, 1.54) is 12.1 Å². The lowest BCUT2D eigenvalue weighted by atomic mass is 10.0. The fraction of sp³-hybridized carbons (Fsp3) is 0.167. The maximum atomic E-state index is 12.2. The van der Waals surface area contributed by atoms with Crippen LogP contribution in [-0.2, 0) is 0 Å². The number of carbonyl (C=O) groups excluding carboxylic acids is 1. The molecule has 0 atom stereocenters. The smallest absolute Gasteiger partial charge is 0.273 e. The third kappa shape index (κ3) is 3.83. The van der Waals surface area contributed by atoms with E-state index in [0.717, 1.165) is 16.9 Å². The van der Waals surface area contributed by atoms with E-state index in [1.807, 2.05) is 25.1 Å². The van der Waals surface area contributed by atoms with Crippen LogP contribution in [0.15, 0.2) is 42.5 Å². The highest BCUT2D eigenvalue weighted by Crippen LogP contribution is 2.21. The van der Waals surface area contributed by atoms with Gasteiger partial charge in [-0.25, -0.2) is 0 Å². The third-order valence-corrected chi connectivity index (χ3v) is 3.54. The van der Waals surface area contributed by atoms with Crippen molar-refractivity contribution in [2.45, 2.75) is 13.8 Å². The standard InChI is InChI=1S/C18H17NO4/c1-12-4-7-15(11-16(12)19(21)22)17(20)8-5-14-6-9-18(23-3)13(2)10-14/h4-11H,1-3H3/b8-5+. The molecule has 2 rings (SSSR count). The molecule has 0 radical (unpaired) electrons. The number of hydrogen-bond acceptors (Lipinski definition) is 4. The Balaban J connectivity index is 2.23. The van der Waals surface area contributed by atoms with Crippen LogP contribution in [0, 0.1) is 24.0 Å². The first-order chi connectivity index (χ1) is 10.9. The van der Waals surface area contributed by atoms with Crippen molar-refractivity contribution < 1.29 is 14.5 Å². The molecule has 0 N–H and O–H groups in total. The predicted molar refractivity (Wildman–Crippen MR) is 88.9 cm³/mol. The van der Waals surface area contributed by atoms with E-state index in [1.54, 1.807) is 32.2 Å². The van der Waals surface area contributed by atoms with Crippen LogP contribution in [-0.4, -0.2) is 17.8 Å². The van der Waals surface area contributed by atoms with Crippen LogP contribution in [0.5, 0.6) is 5.75 Å². The zero-order chi connectivity index (χ0) is 17.0. The summed E-state index contributed by atoms with van der Waals surface area (Å²) in [6.45, 7) is 3.56. The molecule has 0 fully saturated rings. The van der Waals surface area contributed by atoms with Crippen LogP contribution in [0.3, 0.4) is 0 Å². The molecular weight excluding hydrogens is 294 g/mol. The molecule has 5 nitrogen and oxygen atoms in total. The van der Waals surface area contributed by atoms with Crippen LogP contribution in [0.1, 0.15) is 27.0 Å². The highest BCUT2D eigenvalue weighted by Gasteiger charge is 2.13. The Kier molecular flexibility index (Phi) is 4.91. The van der Waals surface area contributed by atoms with Gasteiger partial charge in [-0.05, 0) is 43.2 Å². The van der Waals surface area contributed by atoms with E-state index >= 15 is 0 Å². The lowest BCUT2D eigenvalue weighted by Crippen LogP contribution is -1.98. The molecule has 0 aliphatic carbocycles. The predicted octanol–water partition coefficient (Wildman–Crippen LogP) is 4.12.